The third kappa shape index (κ3) is 4.59. The predicted octanol–water partition coefficient (Wildman–Crippen LogP) is 2.69. The summed E-state index contributed by atoms with van der Waals surface area (Å²) in [4.78, 5) is 26.4. The molecule has 26 heavy (non-hydrogen) atoms. The lowest BCUT2D eigenvalue weighted by Crippen LogP contribution is -2.41. The van der Waals surface area contributed by atoms with Crippen LogP contribution in [0.5, 0.6) is 11.5 Å². The zero-order valence-electron chi connectivity index (χ0n) is 16.0. The van der Waals surface area contributed by atoms with Gasteiger partial charge in [0.2, 0.25) is 5.91 Å². The summed E-state index contributed by atoms with van der Waals surface area (Å²) in [6.07, 6.45) is 5.67. The second-order valence-electron chi connectivity index (χ2n) is 6.39. The lowest BCUT2D eigenvalue weighted by Gasteiger charge is -2.31. The zero-order chi connectivity index (χ0) is 19.1. The van der Waals surface area contributed by atoms with Crippen LogP contribution in [-0.2, 0) is 9.53 Å². The van der Waals surface area contributed by atoms with Gasteiger partial charge in [0.05, 0.1) is 39.1 Å². The van der Waals surface area contributed by atoms with Gasteiger partial charge in [0.15, 0.2) is 11.5 Å². The molecule has 0 heterocycles. The van der Waals surface area contributed by atoms with Crippen LogP contribution in [0.2, 0.25) is 0 Å². The van der Waals surface area contributed by atoms with E-state index in [0.717, 1.165) is 25.7 Å². The highest BCUT2D eigenvalue weighted by molar-refractivity contribution is 5.97. The maximum absolute atomic E-state index is 12.5. The minimum atomic E-state index is -0.512. The number of ether oxygens (including phenoxy) is 3. The Morgan fingerprint density at radius 2 is 1.69 bits per heavy atom. The number of likely N-dealkylation sites (N-methyl/N-ethyl adjacent to an activating group) is 1. The minimum Gasteiger partial charge on any atom is -0.493 e. The lowest BCUT2D eigenvalue weighted by molar-refractivity contribution is -0.130. The van der Waals surface area contributed by atoms with E-state index in [1.165, 1.54) is 27.8 Å². The standard InChI is InChI=1S/C19H28N2O5/c1-21(13-8-6-5-7-9-13)18(22)12-20-15-11-17(25-3)16(24-2)10-14(15)19(23)26-4/h10-11,13,20H,5-9,12H2,1-4H3. The fraction of sp³-hybridized carbons (Fsp3) is 0.579. The van der Waals surface area contributed by atoms with Crippen LogP contribution < -0.4 is 14.8 Å². The first kappa shape index (κ1) is 19.9. The van der Waals surface area contributed by atoms with Crippen LogP contribution in [0, 0.1) is 0 Å². The summed E-state index contributed by atoms with van der Waals surface area (Å²) in [6, 6.07) is 3.48. The van der Waals surface area contributed by atoms with Gasteiger partial charge in [0, 0.05) is 25.2 Å². The number of carbonyl (C=O) groups is 2. The van der Waals surface area contributed by atoms with E-state index in [0.29, 0.717) is 28.8 Å². The number of nitrogens with one attached hydrogen (secondary N) is 1. The van der Waals surface area contributed by atoms with Crippen LogP contribution in [0.4, 0.5) is 5.69 Å². The molecule has 7 nitrogen and oxygen atoms in total. The van der Waals surface area contributed by atoms with Crippen molar-refractivity contribution >= 4 is 17.6 Å². The number of rotatable bonds is 7. The van der Waals surface area contributed by atoms with Crippen molar-refractivity contribution in [2.24, 2.45) is 0 Å². The molecular formula is C19H28N2O5. The number of esters is 1. The molecule has 0 spiro atoms. The van der Waals surface area contributed by atoms with Crippen molar-refractivity contribution in [1.82, 2.24) is 4.90 Å². The Bertz CT molecular complexity index is 641. The van der Waals surface area contributed by atoms with E-state index in [1.807, 2.05) is 11.9 Å². The molecule has 0 radical (unpaired) electrons. The Morgan fingerprint density at radius 1 is 1.08 bits per heavy atom. The number of amides is 1. The van der Waals surface area contributed by atoms with Gasteiger partial charge in [-0.25, -0.2) is 4.79 Å². The molecule has 0 bridgehead atoms. The Hall–Kier alpha value is -2.44. The molecule has 1 amide bonds. The molecule has 1 fully saturated rings. The number of hydrogen-bond donors (Lipinski definition) is 1. The highest BCUT2D eigenvalue weighted by atomic mass is 16.5. The van der Waals surface area contributed by atoms with Gasteiger partial charge in [-0.1, -0.05) is 19.3 Å². The highest BCUT2D eigenvalue weighted by Gasteiger charge is 2.23. The molecule has 1 aromatic carbocycles. The molecule has 1 aromatic rings. The minimum absolute atomic E-state index is 0.0116. The van der Waals surface area contributed by atoms with E-state index in [2.05, 4.69) is 5.32 Å². The number of anilines is 1. The molecule has 0 atom stereocenters. The molecule has 1 aliphatic carbocycles. The van der Waals surface area contributed by atoms with Crippen molar-refractivity contribution in [3.05, 3.63) is 17.7 Å². The van der Waals surface area contributed by atoms with E-state index >= 15 is 0 Å². The summed E-state index contributed by atoms with van der Waals surface area (Å²) in [6.45, 7) is 0.0898. The second-order valence-corrected chi connectivity index (χ2v) is 6.39. The van der Waals surface area contributed by atoms with Crippen LogP contribution in [0.1, 0.15) is 42.5 Å². The first-order valence-corrected chi connectivity index (χ1v) is 8.85. The monoisotopic (exact) mass is 364 g/mol. The first-order chi connectivity index (χ1) is 12.5. The molecule has 0 unspecified atom stereocenters. The van der Waals surface area contributed by atoms with Crippen molar-refractivity contribution in [2.45, 2.75) is 38.1 Å². The Kier molecular flexibility index (Phi) is 7.12. The van der Waals surface area contributed by atoms with Gasteiger partial charge in [0.25, 0.3) is 0 Å². The van der Waals surface area contributed by atoms with E-state index < -0.39 is 5.97 Å². The fourth-order valence-corrected chi connectivity index (χ4v) is 3.27. The number of hydrogen-bond acceptors (Lipinski definition) is 6. The van der Waals surface area contributed by atoms with Gasteiger partial charge in [0.1, 0.15) is 0 Å². The predicted molar refractivity (Wildman–Crippen MR) is 99.0 cm³/mol. The Balaban J connectivity index is 2.13. The first-order valence-electron chi connectivity index (χ1n) is 8.85. The van der Waals surface area contributed by atoms with Gasteiger partial charge in [-0.3, -0.25) is 4.79 Å². The third-order valence-electron chi connectivity index (χ3n) is 4.87. The van der Waals surface area contributed by atoms with Gasteiger partial charge >= 0.3 is 5.97 Å². The average Bonchev–Trinajstić information content (AvgIpc) is 2.70. The molecule has 0 aliphatic heterocycles. The normalized spacial score (nSPS) is 14.5. The van der Waals surface area contributed by atoms with Crippen molar-refractivity contribution in [2.75, 3.05) is 40.2 Å². The lowest BCUT2D eigenvalue weighted by atomic mass is 9.94. The average molecular weight is 364 g/mol. The van der Waals surface area contributed by atoms with Crippen LogP contribution in [-0.4, -0.2) is 57.7 Å². The molecule has 1 saturated carbocycles. The number of carbonyl (C=O) groups excluding carboxylic acids is 2. The molecule has 7 heteroatoms. The van der Waals surface area contributed by atoms with Gasteiger partial charge in [-0.15, -0.1) is 0 Å². The summed E-state index contributed by atoms with van der Waals surface area (Å²) < 4.78 is 15.3. The Morgan fingerprint density at radius 3 is 2.27 bits per heavy atom. The molecule has 0 aromatic heterocycles. The largest absolute Gasteiger partial charge is 0.493 e. The maximum Gasteiger partial charge on any atom is 0.340 e. The van der Waals surface area contributed by atoms with Crippen molar-refractivity contribution in [3.63, 3.8) is 0 Å². The maximum atomic E-state index is 12.5. The van der Waals surface area contributed by atoms with E-state index in [4.69, 9.17) is 14.2 Å². The Labute approximate surface area is 154 Å². The van der Waals surface area contributed by atoms with E-state index in [1.54, 1.807) is 12.1 Å². The van der Waals surface area contributed by atoms with E-state index in [9.17, 15) is 9.59 Å². The highest BCUT2D eigenvalue weighted by Crippen LogP contribution is 2.33. The zero-order valence-corrected chi connectivity index (χ0v) is 16.0. The van der Waals surface area contributed by atoms with Gasteiger partial charge < -0.3 is 24.4 Å². The molecule has 2 rings (SSSR count). The van der Waals surface area contributed by atoms with Crippen molar-refractivity contribution in [3.8, 4) is 11.5 Å². The van der Waals surface area contributed by atoms with Gasteiger partial charge in [-0.05, 0) is 12.8 Å². The van der Waals surface area contributed by atoms with Crippen molar-refractivity contribution in [1.29, 1.82) is 0 Å². The third-order valence-corrected chi connectivity index (χ3v) is 4.87. The summed E-state index contributed by atoms with van der Waals surface area (Å²) in [5, 5.41) is 3.05. The molecular weight excluding hydrogens is 336 g/mol. The van der Waals surface area contributed by atoms with Gasteiger partial charge in [-0.2, -0.15) is 0 Å². The number of benzene rings is 1. The summed E-state index contributed by atoms with van der Waals surface area (Å²) in [7, 11) is 6.16. The second kappa shape index (κ2) is 9.31. The van der Waals surface area contributed by atoms with Crippen LogP contribution in [0.3, 0.4) is 0 Å². The van der Waals surface area contributed by atoms with Crippen LogP contribution in [0.15, 0.2) is 12.1 Å². The molecule has 144 valence electrons. The summed E-state index contributed by atoms with van der Waals surface area (Å²) in [5.74, 6) is 0.365. The number of methoxy groups -OCH3 is 3. The fourth-order valence-electron chi connectivity index (χ4n) is 3.27. The summed E-state index contributed by atoms with van der Waals surface area (Å²) >= 11 is 0. The molecule has 1 N–H and O–H groups in total. The molecule has 0 saturated heterocycles. The quantitative estimate of drug-likeness (QED) is 0.750. The smallest absolute Gasteiger partial charge is 0.340 e. The topological polar surface area (TPSA) is 77.1 Å². The SMILES string of the molecule is COC(=O)c1cc(OC)c(OC)cc1NCC(=O)N(C)C1CCCCC1. The van der Waals surface area contributed by atoms with E-state index in [-0.39, 0.29) is 12.5 Å². The van der Waals surface area contributed by atoms with Crippen LogP contribution >= 0.6 is 0 Å². The summed E-state index contributed by atoms with van der Waals surface area (Å²) in [5.41, 5.74) is 0.762. The van der Waals surface area contributed by atoms with Crippen molar-refractivity contribution < 1.29 is 23.8 Å². The van der Waals surface area contributed by atoms with Crippen LogP contribution in [0.25, 0.3) is 0 Å². The number of nitrogens with zero attached hydrogens (tertiary/aromatic N) is 1. The molecule has 1 aliphatic rings.